The Balaban J connectivity index is 1.82. The Hall–Kier alpha value is -1.06. The van der Waals surface area contributed by atoms with E-state index in [1.165, 1.54) is 38.0 Å². The summed E-state index contributed by atoms with van der Waals surface area (Å²) in [4.78, 5) is 1.79. The van der Waals surface area contributed by atoms with Crippen molar-refractivity contribution >= 4 is 0 Å². The molecule has 1 aliphatic rings. The highest BCUT2D eigenvalue weighted by Crippen LogP contribution is 2.16. The standard InChI is InChI=1S/C16H26N2O/c1-3-18-11-7-9-15(18)13-17-12-14-8-5-6-10-16(14)19-4-2/h5-6,8,10,15,17H,3-4,7,9,11-13H2,1-2H3/p+2/t15-/m0/s1. The molecular weight excluding hydrogens is 236 g/mol. The Labute approximate surface area is 116 Å². The van der Waals surface area contributed by atoms with Crippen LogP contribution in [0.15, 0.2) is 24.3 Å². The molecule has 0 radical (unpaired) electrons. The van der Waals surface area contributed by atoms with Gasteiger partial charge in [-0.2, -0.15) is 0 Å². The molecule has 0 aromatic heterocycles. The van der Waals surface area contributed by atoms with Crippen LogP contribution in [-0.4, -0.2) is 32.3 Å². The third kappa shape index (κ3) is 3.95. The molecule has 1 aromatic rings. The summed E-state index contributed by atoms with van der Waals surface area (Å²) in [5.74, 6) is 1.05. The first-order valence-electron chi connectivity index (χ1n) is 7.72. The third-order valence-corrected chi connectivity index (χ3v) is 4.17. The molecule has 1 unspecified atom stereocenters. The van der Waals surface area contributed by atoms with Crippen LogP contribution in [0.2, 0.25) is 0 Å². The van der Waals surface area contributed by atoms with Crippen LogP contribution in [-0.2, 0) is 6.54 Å². The number of likely N-dealkylation sites (tertiary alicyclic amines) is 1. The first-order valence-corrected chi connectivity index (χ1v) is 7.72. The van der Waals surface area contributed by atoms with E-state index in [1.807, 2.05) is 6.92 Å². The zero-order chi connectivity index (χ0) is 13.5. The van der Waals surface area contributed by atoms with Crippen molar-refractivity contribution in [2.24, 2.45) is 0 Å². The number of hydrogen-bond acceptors (Lipinski definition) is 1. The molecule has 0 amide bonds. The fourth-order valence-corrected chi connectivity index (χ4v) is 3.14. The Bertz CT molecular complexity index is 381. The summed E-state index contributed by atoms with van der Waals surface area (Å²) in [5, 5.41) is 2.45. The predicted octanol–water partition coefficient (Wildman–Crippen LogP) is 0.216. The predicted molar refractivity (Wildman–Crippen MR) is 77.5 cm³/mol. The molecule has 1 aromatic carbocycles. The van der Waals surface area contributed by atoms with Gasteiger partial charge < -0.3 is 15.0 Å². The molecule has 1 aliphatic heterocycles. The minimum absolute atomic E-state index is 0.743. The van der Waals surface area contributed by atoms with E-state index in [-0.39, 0.29) is 0 Å². The highest BCUT2D eigenvalue weighted by molar-refractivity contribution is 5.32. The van der Waals surface area contributed by atoms with Gasteiger partial charge in [-0.3, -0.25) is 0 Å². The van der Waals surface area contributed by atoms with Gasteiger partial charge in [0.25, 0.3) is 0 Å². The van der Waals surface area contributed by atoms with Gasteiger partial charge in [0.15, 0.2) is 0 Å². The van der Waals surface area contributed by atoms with E-state index in [1.54, 1.807) is 4.90 Å². The van der Waals surface area contributed by atoms with Crippen LogP contribution in [0.5, 0.6) is 5.75 Å². The largest absolute Gasteiger partial charge is 0.493 e. The summed E-state index contributed by atoms with van der Waals surface area (Å²) in [6.07, 6.45) is 2.80. The van der Waals surface area contributed by atoms with Gasteiger partial charge in [-0.05, 0) is 26.0 Å². The van der Waals surface area contributed by atoms with Crippen LogP contribution in [0, 0.1) is 0 Å². The van der Waals surface area contributed by atoms with Crippen molar-refractivity contribution in [1.29, 1.82) is 0 Å². The fraction of sp³-hybridized carbons (Fsp3) is 0.625. The number of nitrogens with two attached hydrogens (primary N) is 1. The van der Waals surface area contributed by atoms with Crippen molar-refractivity contribution in [2.45, 2.75) is 39.3 Å². The second kappa shape index (κ2) is 7.51. The summed E-state index contributed by atoms with van der Waals surface area (Å²) in [6, 6.07) is 9.26. The van der Waals surface area contributed by atoms with Crippen molar-refractivity contribution in [2.75, 3.05) is 26.2 Å². The van der Waals surface area contributed by atoms with E-state index in [4.69, 9.17) is 4.74 Å². The lowest BCUT2D eigenvalue weighted by Gasteiger charge is -2.18. The number of ether oxygens (including phenoxy) is 1. The lowest BCUT2D eigenvalue weighted by atomic mass is 10.2. The second-order valence-electron chi connectivity index (χ2n) is 5.37. The number of likely N-dealkylation sites (N-methyl/N-ethyl adjacent to an activating group) is 1. The van der Waals surface area contributed by atoms with Gasteiger partial charge in [-0.1, -0.05) is 12.1 Å². The molecule has 0 bridgehead atoms. The maximum Gasteiger partial charge on any atom is 0.137 e. The Morgan fingerprint density at radius 3 is 2.95 bits per heavy atom. The lowest BCUT2D eigenvalue weighted by Crippen LogP contribution is -3.16. The molecule has 3 nitrogen and oxygen atoms in total. The quantitative estimate of drug-likeness (QED) is 0.725. The smallest absolute Gasteiger partial charge is 0.137 e. The topological polar surface area (TPSA) is 30.3 Å². The van der Waals surface area contributed by atoms with Gasteiger partial charge in [0.05, 0.1) is 19.7 Å². The average molecular weight is 264 g/mol. The molecular formula is C16H28N2O+2. The minimum atomic E-state index is 0.743. The molecule has 0 saturated carbocycles. The summed E-state index contributed by atoms with van der Waals surface area (Å²) in [6.45, 7) is 10.00. The van der Waals surface area contributed by atoms with Crippen LogP contribution < -0.4 is 15.0 Å². The Kier molecular flexibility index (Phi) is 5.67. The van der Waals surface area contributed by atoms with Gasteiger partial charge in [0, 0.05) is 18.4 Å². The summed E-state index contributed by atoms with van der Waals surface area (Å²) in [7, 11) is 0. The van der Waals surface area contributed by atoms with Crippen molar-refractivity contribution in [1.82, 2.24) is 0 Å². The molecule has 3 heteroatoms. The average Bonchev–Trinajstić information content (AvgIpc) is 2.88. The van der Waals surface area contributed by atoms with E-state index >= 15 is 0 Å². The van der Waals surface area contributed by atoms with Gasteiger partial charge in [0.2, 0.25) is 0 Å². The van der Waals surface area contributed by atoms with Crippen LogP contribution in [0.1, 0.15) is 32.3 Å². The van der Waals surface area contributed by atoms with Gasteiger partial charge in [-0.15, -0.1) is 0 Å². The monoisotopic (exact) mass is 264 g/mol. The summed E-state index contributed by atoms with van der Waals surface area (Å²) >= 11 is 0. The molecule has 3 N–H and O–H groups in total. The molecule has 1 heterocycles. The first-order chi connectivity index (χ1) is 9.35. The summed E-state index contributed by atoms with van der Waals surface area (Å²) in [5.41, 5.74) is 1.32. The summed E-state index contributed by atoms with van der Waals surface area (Å²) < 4.78 is 5.68. The molecule has 0 spiro atoms. The number of nitrogens with one attached hydrogen (secondary N) is 1. The van der Waals surface area contributed by atoms with E-state index in [2.05, 4.69) is 36.5 Å². The van der Waals surface area contributed by atoms with E-state index in [9.17, 15) is 0 Å². The SMILES string of the molecule is CCOc1ccccc1C[NH2+]C[C@@H]1CCC[NH+]1CC. The normalized spacial score (nSPS) is 22.6. The zero-order valence-electron chi connectivity index (χ0n) is 12.3. The maximum atomic E-state index is 5.68. The third-order valence-electron chi connectivity index (χ3n) is 4.17. The molecule has 19 heavy (non-hydrogen) atoms. The Morgan fingerprint density at radius 1 is 1.32 bits per heavy atom. The second-order valence-corrected chi connectivity index (χ2v) is 5.37. The first kappa shape index (κ1) is 14.4. The molecule has 1 fully saturated rings. The van der Waals surface area contributed by atoms with Crippen molar-refractivity contribution in [3.63, 3.8) is 0 Å². The number of quaternary nitrogens is 2. The maximum absolute atomic E-state index is 5.68. The van der Waals surface area contributed by atoms with Gasteiger partial charge >= 0.3 is 0 Å². The number of para-hydroxylation sites is 1. The lowest BCUT2D eigenvalue weighted by molar-refractivity contribution is -0.925. The number of benzene rings is 1. The molecule has 2 atom stereocenters. The number of rotatable bonds is 7. The molecule has 0 aliphatic carbocycles. The van der Waals surface area contributed by atoms with Crippen LogP contribution >= 0.6 is 0 Å². The fourth-order valence-electron chi connectivity index (χ4n) is 3.14. The van der Waals surface area contributed by atoms with Gasteiger partial charge in [0.1, 0.15) is 24.9 Å². The van der Waals surface area contributed by atoms with Crippen LogP contribution in [0.3, 0.4) is 0 Å². The zero-order valence-corrected chi connectivity index (χ0v) is 12.3. The Morgan fingerprint density at radius 2 is 2.16 bits per heavy atom. The molecule has 106 valence electrons. The van der Waals surface area contributed by atoms with Crippen molar-refractivity contribution in [3.05, 3.63) is 29.8 Å². The number of hydrogen-bond donors (Lipinski definition) is 2. The minimum Gasteiger partial charge on any atom is -0.493 e. The highest BCUT2D eigenvalue weighted by Gasteiger charge is 2.28. The molecule has 2 rings (SSSR count). The van der Waals surface area contributed by atoms with Crippen molar-refractivity contribution in [3.8, 4) is 5.75 Å². The molecule has 1 saturated heterocycles. The van der Waals surface area contributed by atoms with Crippen LogP contribution in [0.25, 0.3) is 0 Å². The van der Waals surface area contributed by atoms with Gasteiger partial charge in [-0.25, -0.2) is 0 Å². The van der Waals surface area contributed by atoms with E-state index in [0.717, 1.165) is 24.9 Å². The van der Waals surface area contributed by atoms with E-state index < -0.39 is 0 Å². The van der Waals surface area contributed by atoms with Crippen LogP contribution in [0.4, 0.5) is 0 Å². The van der Waals surface area contributed by atoms with Crippen molar-refractivity contribution < 1.29 is 15.0 Å². The highest BCUT2D eigenvalue weighted by atomic mass is 16.5. The van der Waals surface area contributed by atoms with E-state index in [0.29, 0.717) is 0 Å².